The number of rotatable bonds is 6. The molecule has 3 nitrogen and oxygen atoms in total. The summed E-state index contributed by atoms with van der Waals surface area (Å²) >= 11 is 0. The molecule has 18 heavy (non-hydrogen) atoms. The van der Waals surface area contributed by atoms with Crippen molar-refractivity contribution in [3.63, 3.8) is 0 Å². The van der Waals surface area contributed by atoms with E-state index >= 15 is 0 Å². The maximum absolute atomic E-state index is 8.63. The zero-order chi connectivity index (χ0) is 13.8. The molecule has 0 unspecified atom stereocenters. The van der Waals surface area contributed by atoms with Crippen LogP contribution in [0.3, 0.4) is 0 Å². The number of hydrogen-bond donors (Lipinski definition) is 1. The van der Waals surface area contributed by atoms with Crippen molar-refractivity contribution in [2.24, 2.45) is 4.99 Å². The predicted molar refractivity (Wildman–Crippen MR) is 77.9 cm³/mol. The first-order chi connectivity index (χ1) is 8.77. The van der Waals surface area contributed by atoms with E-state index in [1.807, 2.05) is 45.2 Å². The number of benzene rings is 1. The van der Waals surface area contributed by atoms with Crippen LogP contribution in [0.4, 0.5) is 0 Å². The number of nitrogens with zero attached hydrogens (tertiary/aromatic N) is 1. The second-order valence-corrected chi connectivity index (χ2v) is 3.68. The minimum atomic E-state index is 0.230. The zero-order valence-electron chi connectivity index (χ0n) is 11.9. The third-order valence-corrected chi connectivity index (χ3v) is 2.33. The summed E-state index contributed by atoms with van der Waals surface area (Å²) in [4.78, 5) is 3.99. The number of ether oxygens (including phenoxy) is 1. The Morgan fingerprint density at radius 2 is 2.00 bits per heavy atom. The Morgan fingerprint density at radius 1 is 1.28 bits per heavy atom. The maximum atomic E-state index is 8.63. The maximum Gasteiger partial charge on any atom is 0.119 e. The average Bonchev–Trinajstić information content (AvgIpc) is 2.40. The number of aliphatic imine (C=N–C) groups is 1. The summed E-state index contributed by atoms with van der Waals surface area (Å²) < 4.78 is 5.57. The molecule has 0 fully saturated rings. The fourth-order valence-electron chi connectivity index (χ4n) is 1.43. The number of aryl methyl sites for hydroxylation is 1. The van der Waals surface area contributed by atoms with Crippen LogP contribution in [0.25, 0.3) is 0 Å². The van der Waals surface area contributed by atoms with E-state index < -0.39 is 0 Å². The predicted octanol–water partition coefficient (Wildman–Crippen LogP) is 3.22. The minimum absolute atomic E-state index is 0.230. The summed E-state index contributed by atoms with van der Waals surface area (Å²) in [5.41, 5.74) is 2.27. The molecule has 1 aromatic rings. The lowest BCUT2D eigenvalue weighted by Crippen LogP contribution is -1.99. The number of unbranched alkanes of at least 4 members (excludes halogenated alkanes) is 1. The molecule has 0 atom stereocenters. The smallest absolute Gasteiger partial charge is 0.119 e. The van der Waals surface area contributed by atoms with Crippen molar-refractivity contribution in [2.75, 3.05) is 20.3 Å². The average molecular weight is 251 g/mol. The van der Waals surface area contributed by atoms with Crippen molar-refractivity contribution < 1.29 is 9.84 Å². The van der Waals surface area contributed by atoms with Gasteiger partial charge in [0.1, 0.15) is 5.75 Å². The molecule has 0 aliphatic rings. The lowest BCUT2D eigenvalue weighted by Gasteiger charge is -2.07. The summed E-state index contributed by atoms with van der Waals surface area (Å²) in [5, 5.41) is 8.63. The molecule has 0 bridgehead atoms. The molecule has 1 aromatic carbocycles. The van der Waals surface area contributed by atoms with Crippen molar-refractivity contribution in [3.8, 4) is 5.75 Å². The molecule has 102 valence electrons. The molecule has 0 saturated carbocycles. The Hall–Kier alpha value is -1.35. The van der Waals surface area contributed by atoms with Crippen molar-refractivity contribution in [1.29, 1.82) is 0 Å². The summed E-state index contributed by atoms with van der Waals surface area (Å²) in [5.74, 6) is 0.878. The van der Waals surface area contributed by atoms with E-state index in [1.54, 1.807) is 7.05 Å². The third kappa shape index (κ3) is 6.40. The summed E-state index contributed by atoms with van der Waals surface area (Å²) in [6, 6.07) is 5.96. The fourth-order valence-corrected chi connectivity index (χ4v) is 1.43. The van der Waals surface area contributed by atoms with Gasteiger partial charge in [-0.1, -0.05) is 13.8 Å². The van der Waals surface area contributed by atoms with Crippen LogP contribution in [-0.4, -0.2) is 31.6 Å². The quantitative estimate of drug-likeness (QED) is 0.623. The Kier molecular flexibility index (Phi) is 9.97. The van der Waals surface area contributed by atoms with Crippen LogP contribution in [-0.2, 0) is 0 Å². The van der Waals surface area contributed by atoms with Crippen molar-refractivity contribution in [1.82, 2.24) is 0 Å². The Labute approximate surface area is 111 Å². The number of aliphatic hydroxyl groups excluding tert-OH is 1. The SMILES string of the molecule is CC.CN=Cc1ccc(OCCCCO)cc1C. The Balaban J connectivity index is 0.00000137. The highest BCUT2D eigenvalue weighted by molar-refractivity contribution is 5.81. The van der Waals surface area contributed by atoms with Gasteiger partial charge < -0.3 is 9.84 Å². The third-order valence-electron chi connectivity index (χ3n) is 2.33. The minimum Gasteiger partial charge on any atom is -0.494 e. The van der Waals surface area contributed by atoms with Gasteiger partial charge in [-0.3, -0.25) is 4.99 Å². The zero-order valence-corrected chi connectivity index (χ0v) is 11.9. The highest BCUT2D eigenvalue weighted by Crippen LogP contribution is 2.16. The van der Waals surface area contributed by atoms with Crippen LogP contribution in [0.15, 0.2) is 23.2 Å². The number of aliphatic hydroxyl groups is 1. The molecule has 1 rings (SSSR count). The Morgan fingerprint density at radius 3 is 2.56 bits per heavy atom. The van der Waals surface area contributed by atoms with Gasteiger partial charge in [-0.15, -0.1) is 0 Å². The van der Waals surface area contributed by atoms with Gasteiger partial charge in [0.25, 0.3) is 0 Å². The summed E-state index contributed by atoms with van der Waals surface area (Å²) in [6.07, 6.45) is 3.51. The van der Waals surface area contributed by atoms with Gasteiger partial charge in [0.15, 0.2) is 0 Å². The van der Waals surface area contributed by atoms with Gasteiger partial charge in [-0.05, 0) is 49.1 Å². The van der Waals surface area contributed by atoms with E-state index in [9.17, 15) is 0 Å². The molecule has 0 radical (unpaired) electrons. The largest absolute Gasteiger partial charge is 0.494 e. The monoisotopic (exact) mass is 251 g/mol. The molecule has 0 aliphatic heterocycles. The molecule has 0 spiro atoms. The highest BCUT2D eigenvalue weighted by atomic mass is 16.5. The topological polar surface area (TPSA) is 41.8 Å². The Bertz CT molecular complexity index is 348. The first-order valence-electron chi connectivity index (χ1n) is 6.54. The van der Waals surface area contributed by atoms with Crippen LogP contribution < -0.4 is 4.74 Å². The van der Waals surface area contributed by atoms with Crippen LogP contribution in [0.5, 0.6) is 5.75 Å². The molecule has 0 aliphatic carbocycles. The summed E-state index contributed by atoms with van der Waals surface area (Å²) in [7, 11) is 1.76. The standard InChI is InChI=1S/C13H19NO2.C2H6/c1-11-9-13(16-8-4-3-7-15)6-5-12(11)10-14-2;1-2/h5-6,9-10,15H,3-4,7-8H2,1-2H3;1-2H3. The van der Waals surface area contributed by atoms with Crippen molar-refractivity contribution in [2.45, 2.75) is 33.6 Å². The van der Waals surface area contributed by atoms with Gasteiger partial charge >= 0.3 is 0 Å². The molecule has 0 amide bonds. The van der Waals surface area contributed by atoms with Gasteiger partial charge in [0, 0.05) is 19.9 Å². The molecular weight excluding hydrogens is 226 g/mol. The van der Waals surface area contributed by atoms with Crippen LogP contribution in [0.1, 0.15) is 37.8 Å². The second-order valence-electron chi connectivity index (χ2n) is 3.68. The van der Waals surface area contributed by atoms with Crippen LogP contribution in [0.2, 0.25) is 0 Å². The lowest BCUT2D eigenvalue weighted by atomic mass is 10.1. The normalized spacial score (nSPS) is 10.1. The van der Waals surface area contributed by atoms with Crippen molar-refractivity contribution in [3.05, 3.63) is 29.3 Å². The second kappa shape index (κ2) is 10.8. The van der Waals surface area contributed by atoms with Crippen LogP contribution in [0, 0.1) is 6.92 Å². The molecule has 1 N–H and O–H groups in total. The highest BCUT2D eigenvalue weighted by Gasteiger charge is 1.98. The first-order valence-corrected chi connectivity index (χ1v) is 6.54. The lowest BCUT2D eigenvalue weighted by molar-refractivity contribution is 0.253. The molecule has 0 heterocycles. The molecule has 3 heteroatoms. The van der Waals surface area contributed by atoms with E-state index in [2.05, 4.69) is 4.99 Å². The van der Waals surface area contributed by atoms with Gasteiger partial charge in [0.2, 0.25) is 0 Å². The molecule has 0 aromatic heterocycles. The van der Waals surface area contributed by atoms with Gasteiger partial charge in [-0.25, -0.2) is 0 Å². The van der Waals surface area contributed by atoms with Gasteiger partial charge in [-0.2, -0.15) is 0 Å². The van der Waals surface area contributed by atoms with Crippen molar-refractivity contribution >= 4 is 6.21 Å². The molecular formula is C15H25NO2. The number of hydrogen-bond acceptors (Lipinski definition) is 3. The van der Waals surface area contributed by atoms with E-state index in [0.717, 1.165) is 29.7 Å². The van der Waals surface area contributed by atoms with E-state index in [0.29, 0.717) is 6.61 Å². The first kappa shape index (κ1) is 16.6. The fraction of sp³-hybridized carbons (Fsp3) is 0.533. The van der Waals surface area contributed by atoms with Gasteiger partial charge in [0.05, 0.1) is 6.61 Å². The van der Waals surface area contributed by atoms with E-state index in [4.69, 9.17) is 9.84 Å². The summed E-state index contributed by atoms with van der Waals surface area (Å²) in [6.45, 7) is 6.92. The van der Waals surface area contributed by atoms with E-state index in [1.165, 1.54) is 0 Å². The van der Waals surface area contributed by atoms with Crippen LogP contribution >= 0.6 is 0 Å². The molecule has 0 saturated heterocycles. The van der Waals surface area contributed by atoms with E-state index in [-0.39, 0.29) is 6.61 Å².